The van der Waals surface area contributed by atoms with Crippen LogP contribution in [0, 0.1) is 0 Å². The summed E-state index contributed by atoms with van der Waals surface area (Å²) < 4.78 is 0. The molecule has 0 unspecified atom stereocenters. The van der Waals surface area contributed by atoms with Crippen LogP contribution in [-0.2, 0) is 0 Å². The van der Waals surface area contributed by atoms with Crippen molar-refractivity contribution >= 4 is 41.7 Å². The number of hydrazone groups is 2. The molecule has 0 radical (unpaired) electrons. The minimum absolute atomic E-state index is 0.546. The summed E-state index contributed by atoms with van der Waals surface area (Å²) in [6.07, 6.45) is 9.94. The van der Waals surface area contributed by atoms with Gasteiger partial charge in [0.25, 0.3) is 0 Å². The second-order valence-corrected chi connectivity index (χ2v) is 4.80. The van der Waals surface area contributed by atoms with Gasteiger partial charge in [-0.3, -0.25) is 0 Å². The van der Waals surface area contributed by atoms with Crippen LogP contribution in [0.5, 0.6) is 0 Å². The first kappa shape index (κ1) is 20.1. The Morgan fingerprint density at radius 3 is 2.09 bits per heavy atom. The summed E-state index contributed by atoms with van der Waals surface area (Å²) in [6.45, 7) is 7.26. The topological polar surface area (TPSA) is 65.8 Å². The Bertz CT molecular complexity index is 558. The zero-order valence-electron chi connectivity index (χ0n) is 13.0. The van der Waals surface area contributed by atoms with Crippen LogP contribution in [0.15, 0.2) is 55.7 Å². The fraction of sp³-hybridized carbons (Fsp3) is 0.267. The quantitative estimate of drug-likeness (QED) is 0.418. The van der Waals surface area contributed by atoms with E-state index in [2.05, 4.69) is 21.1 Å². The van der Waals surface area contributed by atoms with Gasteiger partial charge in [0.2, 0.25) is 0 Å². The molecule has 0 aromatic heterocycles. The maximum Gasteiger partial charge on any atom is 0.355 e. The lowest BCUT2D eigenvalue weighted by molar-refractivity contribution is 0.242. The standard InChI is InChI=1S/C15H20Cl2N4O/c1-5-8-14(17)11(4)9-18-20-15(22)21-19-10-12(6-2)13(16)7-3/h5-10H,1-4H3,(H2,20,21,22)/b8-5-,12-6-,13-7+,14-11-,18-9+,19-10+. The molecule has 0 rings (SSSR count). The van der Waals surface area contributed by atoms with Gasteiger partial charge in [0.15, 0.2) is 0 Å². The highest BCUT2D eigenvalue weighted by Gasteiger charge is 1.98. The zero-order chi connectivity index (χ0) is 17.0. The molecule has 0 heterocycles. The molecule has 2 N–H and O–H groups in total. The molecule has 0 fully saturated rings. The van der Waals surface area contributed by atoms with Crippen molar-refractivity contribution in [3.63, 3.8) is 0 Å². The van der Waals surface area contributed by atoms with Crippen LogP contribution in [-0.4, -0.2) is 18.5 Å². The number of allylic oxidation sites excluding steroid dienone is 8. The number of carbonyl (C=O) groups excluding carboxylic acids is 1. The number of hydrogen-bond acceptors (Lipinski definition) is 3. The van der Waals surface area contributed by atoms with Crippen molar-refractivity contribution in [2.45, 2.75) is 27.7 Å². The summed E-state index contributed by atoms with van der Waals surface area (Å²) in [5, 5.41) is 8.62. The second kappa shape index (κ2) is 11.8. The molecule has 0 aromatic rings. The van der Waals surface area contributed by atoms with Gasteiger partial charge in [-0.1, -0.05) is 41.4 Å². The third kappa shape index (κ3) is 8.44. The predicted octanol–water partition coefficient (Wildman–Crippen LogP) is 4.44. The second-order valence-electron chi connectivity index (χ2n) is 3.98. The molecule has 0 bridgehead atoms. The summed E-state index contributed by atoms with van der Waals surface area (Å²) in [4.78, 5) is 11.4. The molecule has 5 nitrogen and oxygen atoms in total. The summed E-state index contributed by atoms with van der Waals surface area (Å²) in [6, 6.07) is -0.575. The predicted molar refractivity (Wildman–Crippen MR) is 95.4 cm³/mol. The summed E-state index contributed by atoms with van der Waals surface area (Å²) in [7, 11) is 0. The molecule has 0 aromatic carbocycles. The van der Waals surface area contributed by atoms with Gasteiger partial charge in [-0.05, 0) is 39.3 Å². The molecule has 0 spiro atoms. The number of amides is 2. The van der Waals surface area contributed by atoms with Gasteiger partial charge >= 0.3 is 6.03 Å². The minimum Gasteiger partial charge on any atom is -0.245 e. The van der Waals surface area contributed by atoms with E-state index in [1.807, 2.05) is 26.8 Å². The van der Waals surface area contributed by atoms with Crippen LogP contribution in [0.1, 0.15) is 27.7 Å². The third-order valence-corrected chi connectivity index (χ3v) is 3.18. The Labute approximate surface area is 141 Å². The highest BCUT2D eigenvalue weighted by atomic mass is 35.5. The van der Waals surface area contributed by atoms with E-state index in [0.717, 1.165) is 5.57 Å². The van der Waals surface area contributed by atoms with Crippen LogP contribution in [0.3, 0.4) is 0 Å². The van der Waals surface area contributed by atoms with E-state index in [0.29, 0.717) is 15.6 Å². The van der Waals surface area contributed by atoms with Crippen LogP contribution >= 0.6 is 23.2 Å². The van der Waals surface area contributed by atoms with E-state index in [-0.39, 0.29) is 0 Å². The normalized spacial score (nSPS) is 14.8. The number of nitrogens with zero attached hydrogens (tertiary/aromatic N) is 2. The Balaban J connectivity index is 4.46. The highest BCUT2D eigenvalue weighted by molar-refractivity contribution is 6.34. The van der Waals surface area contributed by atoms with Gasteiger partial charge < -0.3 is 0 Å². The number of nitrogens with one attached hydrogen (secondary N) is 2. The van der Waals surface area contributed by atoms with Gasteiger partial charge in [0.05, 0.1) is 12.4 Å². The molecule has 0 saturated carbocycles. The Hall–Kier alpha value is -1.85. The molecule has 0 aliphatic rings. The average Bonchev–Trinajstić information content (AvgIpc) is 2.50. The van der Waals surface area contributed by atoms with Crippen LogP contribution < -0.4 is 10.9 Å². The molecule has 0 atom stereocenters. The molecule has 7 heteroatoms. The van der Waals surface area contributed by atoms with Crippen molar-refractivity contribution in [1.29, 1.82) is 0 Å². The fourth-order valence-corrected chi connectivity index (χ4v) is 1.49. The van der Waals surface area contributed by atoms with Crippen molar-refractivity contribution in [3.05, 3.63) is 45.5 Å². The first-order valence-corrected chi connectivity index (χ1v) is 7.31. The molecule has 0 saturated heterocycles. The van der Waals surface area contributed by atoms with Gasteiger partial charge in [-0.25, -0.2) is 15.6 Å². The van der Waals surface area contributed by atoms with Crippen LogP contribution in [0.2, 0.25) is 0 Å². The lowest BCUT2D eigenvalue weighted by Gasteiger charge is -2.00. The Morgan fingerprint density at radius 2 is 1.59 bits per heavy atom. The van der Waals surface area contributed by atoms with E-state index in [1.165, 1.54) is 12.4 Å². The van der Waals surface area contributed by atoms with Crippen LogP contribution in [0.4, 0.5) is 4.79 Å². The number of rotatable bonds is 6. The fourth-order valence-electron chi connectivity index (χ4n) is 1.15. The van der Waals surface area contributed by atoms with Crippen molar-refractivity contribution < 1.29 is 4.79 Å². The summed E-state index contributed by atoms with van der Waals surface area (Å²) in [5.74, 6) is 0. The first-order chi connectivity index (χ1) is 10.5. The maximum absolute atomic E-state index is 11.4. The molecule has 0 aliphatic carbocycles. The van der Waals surface area contributed by atoms with Crippen LogP contribution in [0.25, 0.3) is 0 Å². The number of carbonyl (C=O) groups is 1. The van der Waals surface area contributed by atoms with Crippen molar-refractivity contribution in [3.8, 4) is 0 Å². The monoisotopic (exact) mass is 342 g/mol. The first-order valence-electron chi connectivity index (χ1n) is 6.55. The van der Waals surface area contributed by atoms with E-state index < -0.39 is 6.03 Å². The Morgan fingerprint density at radius 1 is 1.00 bits per heavy atom. The molecular weight excluding hydrogens is 323 g/mol. The molecular formula is C15H20Cl2N4O. The van der Waals surface area contributed by atoms with E-state index >= 15 is 0 Å². The van der Waals surface area contributed by atoms with Crippen molar-refractivity contribution in [1.82, 2.24) is 10.9 Å². The Kier molecular flexibility index (Phi) is 10.8. The summed E-state index contributed by atoms with van der Waals surface area (Å²) in [5.41, 5.74) is 5.96. The minimum atomic E-state index is -0.575. The van der Waals surface area contributed by atoms with Gasteiger partial charge in [-0.2, -0.15) is 10.2 Å². The largest absolute Gasteiger partial charge is 0.355 e. The third-order valence-electron chi connectivity index (χ3n) is 2.32. The molecule has 120 valence electrons. The maximum atomic E-state index is 11.4. The van der Waals surface area contributed by atoms with E-state index in [1.54, 1.807) is 25.2 Å². The molecule has 0 aliphatic heterocycles. The molecule has 2 amide bonds. The van der Waals surface area contributed by atoms with E-state index in [4.69, 9.17) is 23.2 Å². The summed E-state index contributed by atoms with van der Waals surface area (Å²) >= 11 is 11.9. The highest BCUT2D eigenvalue weighted by Crippen LogP contribution is 2.11. The molecule has 22 heavy (non-hydrogen) atoms. The smallest absolute Gasteiger partial charge is 0.245 e. The average molecular weight is 343 g/mol. The lowest BCUT2D eigenvalue weighted by Crippen LogP contribution is -2.28. The van der Waals surface area contributed by atoms with Gasteiger partial charge in [0.1, 0.15) is 0 Å². The van der Waals surface area contributed by atoms with Gasteiger partial charge in [-0.15, -0.1) is 0 Å². The van der Waals surface area contributed by atoms with E-state index in [9.17, 15) is 4.79 Å². The van der Waals surface area contributed by atoms with Gasteiger partial charge in [0, 0.05) is 15.6 Å². The van der Waals surface area contributed by atoms with Crippen molar-refractivity contribution in [2.75, 3.05) is 0 Å². The lowest BCUT2D eigenvalue weighted by atomic mass is 10.2. The SMILES string of the molecule is C\C=C/C(Cl)=C(C)/C=N/NC(=O)N/N=C/C(=C/C)C(/Cl)=C\C. The number of hydrogen-bond donors (Lipinski definition) is 2. The zero-order valence-corrected chi connectivity index (χ0v) is 14.5. The van der Waals surface area contributed by atoms with Crippen molar-refractivity contribution in [2.24, 2.45) is 10.2 Å². The number of halogens is 2. The number of urea groups is 1.